The van der Waals surface area contributed by atoms with E-state index in [0.717, 1.165) is 11.5 Å². The molecule has 0 saturated heterocycles. The molecule has 0 radical (unpaired) electrons. The molecular formula is C16H25NO3S. The third-order valence-electron chi connectivity index (χ3n) is 3.16. The average Bonchev–Trinajstić information content (AvgIpc) is 2.45. The molecule has 0 aliphatic carbocycles. The SMILES string of the molecule is COC(=O)C(N)CSCCOc1ccc(C(C)C)c(C)c1. The van der Waals surface area contributed by atoms with E-state index in [2.05, 4.69) is 37.6 Å². The Morgan fingerprint density at radius 3 is 2.67 bits per heavy atom. The first-order chi connectivity index (χ1) is 9.95. The number of benzene rings is 1. The van der Waals surface area contributed by atoms with Crippen LogP contribution in [0.15, 0.2) is 18.2 Å². The van der Waals surface area contributed by atoms with Crippen molar-refractivity contribution in [1.29, 1.82) is 0 Å². The van der Waals surface area contributed by atoms with Gasteiger partial charge in [-0.15, -0.1) is 0 Å². The van der Waals surface area contributed by atoms with Crippen LogP contribution in [0.4, 0.5) is 0 Å². The number of methoxy groups -OCH3 is 1. The number of nitrogens with two attached hydrogens (primary N) is 1. The molecule has 0 aromatic heterocycles. The van der Waals surface area contributed by atoms with Gasteiger partial charge in [-0.1, -0.05) is 19.9 Å². The molecule has 2 N–H and O–H groups in total. The zero-order valence-corrected chi connectivity index (χ0v) is 14.0. The maximum atomic E-state index is 11.1. The van der Waals surface area contributed by atoms with Crippen LogP contribution in [0.2, 0.25) is 0 Å². The van der Waals surface area contributed by atoms with Crippen molar-refractivity contribution < 1.29 is 14.3 Å². The Morgan fingerprint density at radius 2 is 2.10 bits per heavy atom. The fraction of sp³-hybridized carbons (Fsp3) is 0.562. The molecule has 0 heterocycles. The molecule has 4 nitrogen and oxygen atoms in total. The summed E-state index contributed by atoms with van der Waals surface area (Å²) in [4.78, 5) is 11.1. The van der Waals surface area contributed by atoms with Crippen molar-refractivity contribution in [3.05, 3.63) is 29.3 Å². The molecule has 0 fully saturated rings. The minimum absolute atomic E-state index is 0.372. The summed E-state index contributed by atoms with van der Waals surface area (Å²) in [6, 6.07) is 5.63. The van der Waals surface area contributed by atoms with E-state index in [1.165, 1.54) is 18.2 Å². The van der Waals surface area contributed by atoms with Gasteiger partial charge in [-0.2, -0.15) is 11.8 Å². The van der Waals surface area contributed by atoms with Crippen LogP contribution in [0.5, 0.6) is 5.75 Å². The highest BCUT2D eigenvalue weighted by molar-refractivity contribution is 7.99. The number of carbonyl (C=O) groups is 1. The number of esters is 1. The zero-order valence-electron chi connectivity index (χ0n) is 13.2. The van der Waals surface area contributed by atoms with E-state index in [-0.39, 0.29) is 5.97 Å². The molecule has 1 rings (SSSR count). The van der Waals surface area contributed by atoms with E-state index in [4.69, 9.17) is 10.5 Å². The lowest BCUT2D eigenvalue weighted by molar-refractivity contribution is -0.141. The molecule has 0 aliphatic rings. The Balaban J connectivity index is 2.30. The van der Waals surface area contributed by atoms with Crippen LogP contribution in [0.25, 0.3) is 0 Å². The Labute approximate surface area is 131 Å². The summed E-state index contributed by atoms with van der Waals surface area (Å²) in [7, 11) is 1.35. The maximum absolute atomic E-state index is 11.1. The van der Waals surface area contributed by atoms with E-state index >= 15 is 0 Å². The third kappa shape index (κ3) is 5.98. The highest BCUT2D eigenvalue weighted by Crippen LogP contribution is 2.23. The van der Waals surface area contributed by atoms with Crippen LogP contribution in [0.1, 0.15) is 30.9 Å². The van der Waals surface area contributed by atoms with Gasteiger partial charge in [0.1, 0.15) is 11.8 Å². The number of thioether (sulfide) groups is 1. The summed E-state index contributed by atoms with van der Waals surface area (Å²) in [5.41, 5.74) is 8.25. The molecule has 0 spiro atoms. The van der Waals surface area contributed by atoms with E-state index in [1.54, 1.807) is 11.8 Å². The van der Waals surface area contributed by atoms with Gasteiger partial charge in [0.2, 0.25) is 0 Å². The lowest BCUT2D eigenvalue weighted by atomic mass is 9.98. The van der Waals surface area contributed by atoms with Gasteiger partial charge in [-0.05, 0) is 36.1 Å². The minimum atomic E-state index is -0.562. The molecule has 1 aromatic carbocycles. The molecular weight excluding hydrogens is 286 g/mol. The Morgan fingerprint density at radius 1 is 1.38 bits per heavy atom. The van der Waals surface area contributed by atoms with Gasteiger partial charge in [0, 0.05) is 11.5 Å². The van der Waals surface area contributed by atoms with Crippen molar-refractivity contribution in [1.82, 2.24) is 0 Å². The van der Waals surface area contributed by atoms with E-state index in [9.17, 15) is 4.79 Å². The van der Waals surface area contributed by atoms with Crippen molar-refractivity contribution in [3.8, 4) is 5.75 Å². The molecule has 5 heteroatoms. The second-order valence-electron chi connectivity index (χ2n) is 5.23. The second kappa shape index (κ2) is 8.95. The zero-order chi connectivity index (χ0) is 15.8. The predicted molar refractivity (Wildman–Crippen MR) is 88.1 cm³/mol. The van der Waals surface area contributed by atoms with E-state index in [1.807, 2.05) is 6.07 Å². The molecule has 21 heavy (non-hydrogen) atoms. The predicted octanol–water partition coefficient (Wildman–Crippen LogP) is 2.73. The molecule has 0 saturated carbocycles. The quantitative estimate of drug-likeness (QED) is 0.591. The summed E-state index contributed by atoms with van der Waals surface area (Å²) in [5.74, 6) is 2.37. The maximum Gasteiger partial charge on any atom is 0.323 e. The number of carbonyl (C=O) groups excluding carboxylic acids is 1. The van der Waals surface area contributed by atoms with Crippen molar-refractivity contribution in [2.75, 3.05) is 25.2 Å². The number of ether oxygens (including phenoxy) is 2. The summed E-state index contributed by atoms with van der Waals surface area (Å²) >= 11 is 1.59. The first kappa shape index (κ1) is 17.9. The summed E-state index contributed by atoms with van der Waals surface area (Å²) in [5, 5.41) is 0. The summed E-state index contributed by atoms with van der Waals surface area (Å²) in [6.07, 6.45) is 0. The molecule has 1 atom stereocenters. The Hall–Kier alpha value is -1.20. The van der Waals surface area contributed by atoms with Gasteiger partial charge in [-0.25, -0.2) is 0 Å². The van der Waals surface area contributed by atoms with Gasteiger partial charge in [0.05, 0.1) is 13.7 Å². The van der Waals surface area contributed by atoms with E-state index in [0.29, 0.717) is 18.3 Å². The number of rotatable bonds is 8. The number of hydrogen-bond donors (Lipinski definition) is 1. The first-order valence-corrected chi connectivity index (χ1v) is 8.25. The Kier molecular flexibility index (Phi) is 7.61. The number of hydrogen-bond acceptors (Lipinski definition) is 5. The fourth-order valence-electron chi connectivity index (χ4n) is 2.03. The van der Waals surface area contributed by atoms with E-state index < -0.39 is 6.04 Å². The first-order valence-electron chi connectivity index (χ1n) is 7.10. The Bertz CT molecular complexity index is 463. The molecule has 0 aliphatic heterocycles. The van der Waals surface area contributed by atoms with Crippen LogP contribution in [0.3, 0.4) is 0 Å². The summed E-state index contributed by atoms with van der Waals surface area (Å²) in [6.45, 7) is 7.07. The molecule has 118 valence electrons. The largest absolute Gasteiger partial charge is 0.493 e. The second-order valence-corrected chi connectivity index (χ2v) is 6.38. The monoisotopic (exact) mass is 311 g/mol. The van der Waals surface area contributed by atoms with Gasteiger partial charge < -0.3 is 15.2 Å². The third-order valence-corrected chi connectivity index (χ3v) is 4.21. The lowest BCUT2D eigenvalue weighted by Gasteiger charge is -2.13. The molecule has 0 amide bonds. The van der Waals surface area contributed by atoms with Gasteiger partial charge in [0.25, 0.3) is 0 Å². The topological polar surface area (TPSA) is 61.5 Å². The van der Waals surface area contributed by atoms with Crippen molar-refractivity contribution >= 4 is 17.7 Å². The van der Waals surface area contributed by atoms with Gasteiger partial charge in [-0.3, -0.25) is 4.79 Å². The van der Waals surface area contributed by atoms with Gasteiger partial charge in [0.15, 0.2) is 0 Å². The van der Waals surface area contributed by atoms with Crippen LogP contribution >= 0.6 is 11.8 Å². The van der Waals surface area contributed by atoms with Gasteiger partial charge >= 0.3 is 5.97 Å². The molecule has 0 bridgehead atoms. The van der Waals surface area contributed by atoms with Crippen molar-refractivity contribution in [2.24, 2.45) is 5.73 Å². The number of aryl methyl sites for hydroxylation is 1. The van der Waals surface area contributed by atoms with Crippen LogP contribution in [-0.2, 0) is 9.53 Å². The van der Waals surface area contributed by atoms with Crippen LogP contribution in [0, 0.1) is 6.92 Å². The standard InChI is InChI=1S/C16H25NO3S/c1-11(2)14-6-5-13(9-12(14)3)20-7-8-21-10-15(17)16(18)19-4/h5-6,9,11,15H,7-8,10,17H2,1-4H3. The highest BCUT2D eigenvalue weighted by Gasteiger charge is 2.12. The van der Waals surface area contributed by atoms with Crippen molar-refractivity contribution in [3.63, 3.8) is 0 Å². The highest BCUT2D eigenvalue weighted by atomic mass is 32.2. The summed E-state index contributed by atoms with van der Waals surface area (Å²) < 4.78 is 10.3. The van der Waals surface area contributed by atoms with Crippen molar-refractivity contribution in [2.45, 2.75) is 32.7 Å². The van der Waals surface area contributed by atoms with Crippen LogP contribution < -0.4 is 10.5 Å². The molecule has 1 unspecified atom stereocenters. The normalized spacial score (nSPS) is 12.3. The minimum Gasteiger partial charge on any atom is -0.493 e. The lowest BCUT2D eigenvalue weighted by Crippen LogP contribution is -2.34. The fourth-order valence-corrected chi connectivity index (χ4v) is 2.79. The average molecular weight is 311 g/mol. The molecule has 1 aromatic rings. The smallest absolute Gasteiger partial charge is 0.323 e. The van der Waals surface area contributed by atoms with Crippen LogP contribution in [-0.4, -0.2) is 37.2 Å².